The van der Waals surface area contributed by atoms with Gasteiger partial charge in [-0.25, -0.2) is 0 Å². The Morgan fingerprint density at radius 3 is 2.74 bits per heavy atom. The lowest BCUT2D eigenvalue weighted by Crippen LogP contribution is -2.15. The van der Waals surface area contributed by atoms with Crippen molar-refractivity contribution in [1.29, 1.82) is 0 Å². The second-order valence-electron chi connectivity index (χ2n) is 6.63. The summed E-state index contributed by atoms with van der Waals surface area (Å²) >= 11 is 4.12. The zero-order valence-corrected chi connectivity index (χ0v) is 18.6. The van der Waals surface area contributed by atoms with Crippen LogP contribution in [-0.2, 0) is 11.3 Å². The Labute approximate surface area is 190 Å². The lowest BCUT2D eigenvalue weighted by Gasteiger charge is -2.10. The molecule has 0 aliphatic carbocycles. The molecule has 3 aromatic heterocycles. The van der Waals surface area contributed by atoms with Gasteiger partial charge in [0.05, 0.1) is 34.6 Å². The van der Waals surface area contributed by atoms with Gasteiger partial charge in [-0.1, -0.05) is 54.2 Å². The summed E-state index contributed by atoms with van der Waals surface area (Å²) in [5, 5.41) is 14.4. The Morgan fingerprint density at radius 2 is 1.90 bits per heavy atom. The first kappa shape index (κ1) is 19.9. The minimum atomic E-state index is -0.127. The average Bonchev–Trinajstić information content (AvgIpc) is 3.54. The van der Waals surface area contributed by atoms with Crippen molar-refractivity contribution in [3.63, 3.8) is 0 Å². The smallest absolute Gasteiger partial charge is 0.234 e. The predicted molar refractivity (Wildman–Crippen MR) is 126 cm³/mol. The SMILES string of the molecule is O=C(CSc1nnc(-c2cccs2)n1Cc1ccccc1)Nc1cccc2nsnc12. The summed E-state index contributed by atoms with van der Waals surface area (Å²) in [6.45, 7) is 0.634. The summed E-state index contributed by atoms with van der Waals surface area (Å²) in [6.07, 6.45) is 0. The summed E-state index contributed by atoms with van der Waals surface area (Å²) in [7, 11) is 0. The molecule has 3 heterocycles. The number of aromatic nitrogens is 5. The third-order valence-corrected chi connectivity index (χ3v) is 6.91. The number of hydrogen-bond donors (Lipinski definition) is 1. The maximum absolute atomic E-state index is 12.6. The van der Waals surface area contributed by atoms with E-state index in [0.717, 1.165) is 33.5 Å². The monoisotopic (exact) mass is 464 g/mol. The first-order valence-electron chi connectivity index (χ1n) is 9.43. The van der Waals surface area contributed by atoms with Gasteiger partial charge in [-0.05, 0) is 29.1 Å². The molecule has 10 heteroatoms. The van der Waals surface area contributed by atoms with Crippen LogP contribution < -0.4 is 5.32 Å². The van der Waals surface area contributed by atoms with Gasteiger partial charge in [0.15, 0.2) is 11.0 Å². The Balaban J connectivity index is 1.35. The Hall–Kier alpha value is -3.08. The molecular weight excluding hydrogens is 448 g/mol. The van der Waals surface area contributed by atoms with E-state index in [1.807, 2.05) is 53.9 Å². The molecule has 31 heavy (non-hydrogen) atoms. The van der Waals surface area contributed by atoms with Crippen LogP contribution in [0.2, 0.25) is 0 Å². The Bertz CT molecular complexity index is 1310. The third kappa shape index (κ3) is 4.36. The van der Waals surface area contributed by atoms with Crippen LogP contribution in [0.5, 0.6) is 0 Å². The van der Waals surface area contributed by atoms with E-state index in [1.165, 1.54) is 11.8 Å². The Morgan fingerprint density at radius 1 is 1.00 bits per heavy atom. The minimum Gasteiger partial charge on any atom is -0.323 e. The van der Waals surface area contributed by atoms with E-state index in [-0.39, 0.29) is 11.7 Å². The molecule has 1 amide bonds. The van der Waals surface area contributed by atoms with Gasteiger partial charge in [0.2, 0.25) is 5.91 Å². The molecule has 5 aromatic rings. The van der Waals surface area contributed by atoms with Gasteiger partial charge in [0.25, 0.3) is 0 Å². The van der Waals surface area contributed by atoms with Gasteiger partial charge in [0, 0.05) is 0 Å². The summed E-state index contributed by atoms with van der Waals surface area (Å²) in [6, 6.07) is 19.8. The zero-order chi connectivity index (χ0) is 21.0. The third-order valence-electron chi connectivity index (χ3n) is 4.53. The number of thiophene rings is 1. The molecule has 154 valence electrons. The highest BCUT2D eigenvalue weighted by atomic mass is 32.2. The van der Waals surface area contributed by atoms with E-state index < -0.39 is 0 Å². The van der Waals surface area contributed by atoms with Crippen LogP contribution in [0.1, 0.15) is 5.56 Å². The molecule has 0 unspecified atom stereocenters. The summed E-state index contributed by atoms with van der Waals surface area (Å²) in [5.41, 5.74) is 3.30. The minimum absolute atomic E-state index is 0.127. The number of nitrogens with zero attached hydrogens (tertiary/aromatic N) is 5. The molecule has 0 fully saturated rings. The number of amides is 1. The number of benzene rings is 2. The van der Waals surface area contributed by atoms with E-state index in [4.69, 9.17) is 0 Å². The first-order valence-corrected chi connectivity index (χ1v) is 12.0. The number of anilines is 1. The van der Waals surface area contributed by atoms with Crippen molar-refractivity contribution in [1.82, 2.24) is 23.5 Å². The molecule has 0 saturated heterocycles. The predicted octanol–water partition coefficient (Wildman–Crippen LogP) is 4.79. The molecule has 0 saturated carbocycles. The summed E-state index contributed by atoms with van der Waals surface area (Å²) < 4.78 is 10.5. The molecule has 0 radical (unpaired) electrons. The lowest BCUT2D eigenvalue weighted by atomic mass is 10.2. The molecule has 0 atom stereocenters. The van der Waals surface area contributed by atoms with Crippen LogP contribution in [0.25, 0.3) is 21.7 Å². The average molecular weight is 465 g/mol. The number of hydrogen-bond acceptors (Lipinski definition) is 8. The molecular formula is C21H16N6OS3. The van der Waals surface area contributed by atoms with Crippen molar-refractivity contribution in [2.75, 3.05) is 11.1 Å². The van der Waals surface area contributed by atoms with Crippen LogP contribution >= 0.6 is 34.8 Å². The largest absolute Gasteiger partial charge is 0.323 e. The maximum Gasteiger partial charge on any atom is 0.234 e. The normalized spacial score (nSPS) is 11.1. The van der Waals surface area contributed by atoms with E-state index in [9.17, 15) is 4.79 Å². The Kier molecular flexibility index (Phi) is 5.74. The van der Waals surface area contributed by atoms with E-state index in [2.05, 4.69) is 41.0 Å². The second kappa shape index (κ2) is 8.96. The van der Waals surface area contributed by atoms with Crippen molar-refractivity contribution in [3.05, 3.63) is 71.6 Å². The highest BCUT2D eigenvalue weighted by Crippen LogP contribution is 2.28. The maximum atomic E-state index is 12.6. The van der Waals surface area contributed by atoms with Crippen LogP contribution in [0.3, 0.4) is 0 Å². The fraction of sp³-hybridized carbons (Fsp3) is 0.0952. The quantitative estimate of drug-likeness (QED) is 0.349. The first-order chi connectivity index (χ1) is 15.3. The second-order valence-corrected chi connectivity index (χ2v) is 9.05. The number of rotatable bonds is 7. The van der Waals surface area contributed by atoms with Gasteiger partial charge in [-0.15, -0.1) is 21.5 Å². The van der Waals surface area contributed by atoms with Crippen molar-refractivity contribution in [3.8, 4) is 10.7 Å². The van der Waals surface area contributed by atoms with Gasteiger partial charge in [0.1, 0.15) is 11.0 Å². The van der Waals surface area contributed by atoms with Crippen molar-refractivity contribution in [2.45, 2.75) is 11.7 Å². The van der Waals surface area contributed by atoms with Gasteiger partial charge in [-0.2, -0.15) is 8.75 Å². The van der Waals surface area contributed by atoms with E-state index in [1.54, 1.807) is 11.3 Å². The fourth-order valence-corrected chi connectivity index (χ4v) is 5.12. The number of nitrogens with one attached hydrogen (secondary N) is 1. The van der Waals surface area contributed by atoms with Crippen molar-refractivity contribution >= 4 is 57.5 Å². The number of thioether (sulfide) groups is 1. The fourth-order valence-electron chi connectivity index (χ4n) is 3.12. The zero-order valence-electron chi connectivity index (χ0n) is 16.1. The molecule has 7 nitrogen and oxygen atoms in total. The van der Waals surface area contributed by atoms with E-state index in [0.29, 0.717) is 22.9 Å². The highest BCUT2D eigenvalue weighted by molar-refractivity contribution is 7.99. The standard InChI is InChI=1S/C21H16N6OS3/c28-18(22-15-8-4-9-16-19(15)26-31-25-16)13-30-21-24-23-20(17-10-5-11-29-17)27(21)12-14-6-2-1-3-7-14/h1-11H,12-13H2,(H,22,28). The lowest BCUT2D eigenvalue weighted by molar-refractivity contribution is -0.113. The van der Waals surface area contributed by atoms with Gasteiger partial charge >= 0.3 is 0 Å². The summed E-state index contributed by atoms with van der Waals surface area (Å²) in [4.78, 5) is 13.7. The van der Waals surface area contributed by atoms with Gasteiger partial charge < -0.3 is 5.32 Å². The van der Waals surface area contributed by atoms with E-state index >= 15 is 0 Å². The van der Waals surface area contributed by atoms with Crippen LogP contribution in [-0.4, -0.2) is 35.2 Å². The molecule has 0 aliphatic rings. The molecule has 2 aromatic carbocycles. The highest BCUT2D eigenvalue weighted by Gasteiger charge is 2.17. The summed E-state index contributed by atoms with van der Waals surface area (Å²) in [5.74, 6) is 0.892. The van der Waals surface area contributed by atoms with Gasteiger partial charge in [-0.3, -0.25) is 9.36 Å². The number of fused-ring (bicyclic) bond motifs is 1. The molecule has 1 N–H and O–H groups in total. The van der Waals surface area contributed by atoms with Crippen LogP contribution in [0.4, 0.5) is 5.69 Å². The number of carbonyl (C=O) groups excluding carboxylic acids is 1. The number of carbonyl (C=O) groups is 1. The topological polar surface area (TPSA) is 85.6 Å². The van der Waals surface area contributed by atoms with Crippen LogP contribution in [0, 0.1) is 0 Å². The van der Waals surface area contributed by atoms with Crippen molar-refractivity contribution in [2.24, 2.45) is 0 Å². The van der Waals surface area contributed by atoms with Crippen molar-refractivity contribution < 1.29 is 4.79 Å². The molecule has 5 rings (SSSR count). The molecule has 0 spiro atoms. The molecule has 0 bridgehead atoms. The van der Waals surface area contributed by atoms with Crippen LogP contribution in [0.15, 0.2) is 71.2 Å². The molecule has 0 aliphatic heterocycles.